The van der Waals surface area contributed by atoms with Crippen molar-refractivity contribution in [2.24, 2.45) is 0 Å². The normalized spacial score (nSPS) is 18.4. The zero-order chi connectivity index (χ0) is 35.5. The molecule has 2 aromatic heterocycles. The van der Waals surface area contributed by atoms with Crippen LogP contribution in [-0.2, 0) is 12.7 Å². The number of rotatable bonds is 9. The number of tetrazole rings is 1. The second-order valence-corrected chi connectivity index (χ2v) is 12.5. The highest BCUT2D eigenvalue weighted by molar-refractivity contribution is 5.92. The number of amides is 1. The zero-order valence-electron chi connectivity index (χ0n) is 28.0. The zero-order valence-corrected chi connectivity index (χ0v) is 28.0. The number of ether oxygens (including phenoxy) is 2. The van der Waals surface area contributed by atoms with E-state index in [1.165, 1.54) is 26.6 Å². The highest BCUT2D eigenvalue weighted by Crippen LogP contribution is 2.40. The quantitative estimate of drug-likeness (QED) is 0.220. The highest BCUT2D eigenvalue weighted by Gasteiger charge is 2.44. The first-order valence-corrected chi connectivity index (χ1v) is 16.5. The number of carbonyl (C=O) groups excluding carboxylic acids is 1. The summed E-state index contributed by atoms with van der Waals surface area (Å²) in [5, 5.41) is 10.2. The summed E-state index contributed by atoms with van der Waals surface area (Å²) < 4.78 is 53.9. The number of fused-ring (bicyclic) bond motifs is 1. The van der Waals surface area contributed by atoms with Crippen molar-refractivity contribution in [2.45, 2.75) is 30.7 Å². The standard InChI is InChI=1S/C36H36F3N9O3/c1-50-31-14-13-29(48-35(36(37,38)39)42-43-44-48)33(51-2)27(31)21-45-19-26-20-46(34(49)28-15-16-40-23-41-28)17-18-47(26)30(22-45)32(24-9-5-3-6-10-24)25-11-7-4-8-12-25/h3-16,23,26,30,32H,17-22H2,1-2H3/t26-,30+/m1/s1. The predicted octanol–water partition coefficient (Wildman–Crippen LogP) is 4.33. The third kappa shape index (κ3) is 6.86. The fourth-order valence-electron chi connectivity index (χ4n) is 7.44. The second kappa shape index (κ2) is 14.4. The molecule has 264 valence electrons. The molecule has 15 heteroatoms. The molecule has 4 heterocycles. The number of benzene rings is 3. The molecule has 0 radical (unpaired) electrons. The van der Waals surface area contributed by atoms with Gasteiger partial charge in [-0.3, -0.25) is 14.6 Å². The van der Waals surface area contributed by atoms with Crippen LogP contribution in [0.1, 0.15) is 38.9 Å². The maximum atomic E-state index is 13.9. The van der Waals surface area contributed by atoms with Gasteiger partial charge in [-0.05, 0) is 39.8 Å². The molecule has 0 bridgehead atoms. The van der Waals surface area contributed by atoms with Gasteiger partial charge in [0.15, 0.2) is 5.75 Å². The van der Waals surface area contributed by atoms with Gasteiger partial charge in [0.25, 0.3) is 11.7 Å². The van der Waals surface area contributed by atoms with Crippen LogP contribution in [-0.4, -0.2) is 110 Å². The summed E-state index contributed by atoms with van der Waals surface area (Å²) in [6, 6.07) is 25.3. The number of piperazine rings is 2. The second-order valence-electron chi connectivity index (χ2n) is 12.5. The van der Waals surface area contributed by atoms with Crippen LogP contribution in [0.5, 0.6) is 11.5 Å². The first-order valence-electron chi connectivity index (χ1n) is 16.5. The lowest BCUT2D eigenvalue weighted by atomic mass is 9.81. The van der Waals surface area contributed by atoms with Crippen molar-refractivity contribution in [1.82, 2.24) is 44.9 Å². The minimum absolute atomic E-state index is 0.0208. The molecule has 0 aliphatic carbocycles. The largest absolute Gasteiger partial charge is 0.496 e. The summed E-state index contributed by atoms with van der Waals surface area (Å²) in [5.74, 6) is -0.838. The van der Waals surface area contributed by atoms with E-state index < -0.39 is 12.0 Å². The van der Waals surface area contributed by atoms with Gasteiger partial charge in [-0.2, -0.15) is 17.9 Å². The van der Waals surface area contributed by atoms with Crippen LogP contribution in [0.25, 0.3) is 5.69 Å². The number of halogens is 3. The topological polar surface area (TPSA) is 115 Å². The van der Waals surface area contributed by atoms with Gasteiger partial charge in [0.2, 0.25) is 0 Å². The number of methoxy groups -OCH3 is 2. The molecule has 12 nitrogen and oxygen atoms in total. The average molecular weight is 700 g/mol. The Bertz CT molecular complexity index is 1910. The summed E-state index contributed by atoms with van der Waals surface area (Å²) in [6.45, 7) is 3.09. The molecule has 2 aliphatic rings. The van der Waals surface area contributed by atoms with Crippen LogP contribution in [0.4, 0.5) is 13.2 Å². The summed E-state index contributed by atoms with van der Waals surface area (Å²) in [5.41, 5.74) is 3.23. The molecule has 0 spiro atoms. The molecule has 0 saturated carbocycles. The van der Waals surface area contributed by atoms with Crippen LogP contribution in [0, 0.1) is 0 Å². The first-order chi connectivity index (χ1) is 24.8. The predicted molar refractivity (Wildman–Crippen MR) is 179 cm³/mol. The lowest BCUT2D eigenvalue weighted by Crippen LogP contribution is -2.67. The fourth-order valence-corrected chi connectivity index (χ4v) is 7.44. The molecule has 2 saturated heterocycles. The number of alkyl halides is 3. The third-order valence-corrected chi connectivity index (χ3v) is 9.61. The van der Waals surface area contributed by atoms with Crippen molar-refractivity contribution in [2.75, 3.05) is 46.9 Å². The van der Waals surface area contributed by atoms with E-state index in [2.05, 4.69) is 59.6 Å². The van der Waals surface area contributed by atoms with Gasteiger partial charge < -0.3 is 14.4 Å². The molecule has 2 aliphatic heterocycles. The van der Waals surface area contributed by atoms with E-state index in [0.29, 0.717) is 54.4 Å². The molecule has 2 atom stereocenters. The SMILES string of the molecule is COc1ccc(-n2nnnc2C(F)(F)F)c(OC)c1CN1C[C@@H]2CN(C(=O)c3ccncn3)CCN2[C@H](C(c2ccccc2)c2ccccc2)C1. The molecular formula is C36H36F3N9O3. The number of carbonyl (C=O) groups is 1. The Morgan fingerprint density at radius 1 is 0.902 bits per heavy atom. The Balaban J connectivity index is 1.29. The Kier molecular flexibility index (Phi) is 9.65. The van der Waals surface area contributed by atoms with E-state index in [-0.39, 0.29) is 41.9 Å². The van der Waals surface area contributed by atoms with Crippen molar-refractivity contribution in [3.63, 3.8) is 0 Å². The van der Waals surface area contributed by atoms with E-state index in [9.17, 15) is 18.0 Å². The Labute approximate surface area is 292 Å². The van der Waals surface area contributed by atoms with Crippen LogP contribution >= 0.6 is 0 Å². The van der Waals surface area contributed by atoms with Gasteiger partial charge in [0.05, 0.1) is 19.8 Å². The van der Waals surface area contributed by atoms with Crippen molar-refractivity contribution in [3.8, 4) is 17.2 Å². The van der Waals surface area contributed by atoms with E-state index in [0.717, 1.165) is 11.1 Å². The Hall–Kier alpha value is -5.41. The van der Waals surface area contributed by atoms with Crippen LogP contribution in [0.2, 0.25) is 0 Å². The van der Waals surface area contributed by atoms with E-state index in [1.807, 2.05) is 41.3 Å². The number of hydrogen-bond acceptors (Lipinski definition) is 10. The lowest BCUT2D eigenvalue weighted by Gasteiger charge is -2.53. The van der Waals surface area contributed by atoms with Crippen molar-refractivity contribution >= 4 is 5.91 Å². The van der Waals surface area contributed by atoms with Crippen molar-refractivity contribution in [3.05, 3.63) is 120 Å². The van der Waals surface area contributed by atoms with Gasteiger partial charge in [0.1, 0.15) is 23.5 Å². The molecule has 0 unspecified atom stereocenters. The van der Waals surface area contributed by atoms with Gasteiger partial charge in [-0.15, -0.1) is 5.10 Å². The molecule has 7 rings (SSSR count). The Morgan fingerprint density at radius 3 is 2.25 bits per heavy atom. The third-order valence-electron chi connectivity index (χ3n) is 9.61. The number of hydrogen-bond donors (Lipinski definition) is 0. The highest BCUT2D eigenvalue weighted by atomic mass is 19.4. The van der Waals surface area contributed by atoms with Crippen LogP contribution in [0.15, 0.2) is 91.4 Å². The van der Waals surface area contributed by atoms with Gasteiger partial charge >= 0.3 is 6.18 Å². The minimum Gasteiger partial charge on any atom is -0.496 e. The molecule has 5 aromatic rings. The van der Waals surface area contributed by atoms with Gasteiger partial charge in [-0.25, -0.2) is 9.97 Å². The summed E-state index contributed by atoms with van der Waals surface area (Å²) in [6.07, 6.45) is -1.87. The monoisotopic (exact) mass is 699 g/mol. The van der Waals surface area contributed by atoms with Crippen LogP contribution < -0.4 is 9.47 Å². The molecular weight excluding hydrogens is 663 g/mol. The van der Waals surface area contributed by atoms with E-state index in [1.54, 1.807) is 18.3 Å². The van der Waals surface area contributed by atoms with Crippen molar-refractivity contribution in [1.29, 1.82) is 0 Å². The average Bonchev–Trinajstić information content (AvgIpc) is 3.67. The molecule has 2 fully saturated rings. The van der Waals surface area contributed by atoms with Gasteiger partial charge in [-0.1, -0.05) is 60.7 Å². The summed E-state index contributed by atoms with van der Waals surface area (Å²) >= 11 is 0. The van der Waals surface area contributed by atoms with E-state index >= 15 is 0 Å². The molecule has 0 N–H and O–H groups in total. The maximum absolute atomic E-state index is 13.9. The number of nitrogens with zero attached hydrogens (tertiary/aromatic N) is 9. The Morgan fingerprint density at radius 2 is 1.63 bits per heavy atom. The van der Waals surface area contributed by atoms with E-state index in [4.69, 9.17) is 9.47 Å². The fraction of sp³-hybridized carbons (Fsp3) is 0.333. The first kappa shape index (κ1) is 34.1. The smallest absolute Gasteiger partial charge is 0.453 e. The summed E-state index contributed by atoms with van der Waals surface area (Å²) in [4.78, 5) is 28.4. The molecule has 3 aromatic carbocycles. The number of aromatic nitrogens is 6. The maximum Gasteiger partial charge on any atom is 0.453 e. The molecule has 1 amide bonds. The summed E-state index contributed by atoms with van der Waals surface area (Å²) in [7, 11) is 2.91. The van der Waals surface area contributed by atoms with Crippen molar-refractivity contribution < 1.29 is 27.4 Å². The molecule has 51 heavy (non-hydrogen) atoms. The van der Waals surface area contributed by atoms with Gasteiger partial charge in [0, 0.05) is 63.5 Å². The minimum atomic E-state index is -4.79. The lowest BCUT2D eigenvalue weighted by molar-refractivity contribution is -0.146. The van der Waals surface area contributed by atoms with Crippen LogP contribution in [0.3, 0.4) is 0 Å².